The molecule has 2 N–H and O–H groups in total. The molecule has 0 radical (unpaired) electrons. The number of nitrogens with zero attached hydrogens (tertiary/aromatic N) is 3. The summed E-state index contributed by atoms with van der Waals surface area (Å²) in [5.41, 5.74) is 8.96. The Morgan fingerprint density at radius 2 is 1.18 bits per heavy atom. The van der Waals surface area contributed by atoms with Gasteiger partial charge >= 0.3 is 12.2 Å². The van der Waals surface area contributed by atoms with Crippen molar-refractivity contribution >= 4 is 40.9 Å². The van der Waals surface area contributed by atoms with Gasteiger partial charge in [0.15, 0.2) is 0 Å². The molecule has 12 nitrogen and oxygen atoms in total. The van der Waals surface area contributed by atoms with Crippen molar-refractivity contribution < 1.29 is 33.4 Å². The first-order valence-corrected chi connectivity index (χ1v) is 19.2. The van der Waals surface area contributed by atoms with Crippen LogP contribution in [0.1, 0.15) is 70.4 Å². The molecule has 0 bridgehead atoms. The Bertz CT molecular complexity index is 1880. The molecule has 2 aromatic rings. The minimum absolute atomic E-state index is 0.0168. The first kappa shape index (κ1) is 39.5. The lowest BCUT2D eigenvalue weighted by molar-refractivity contribution is -0.136. The van der Waals surface area contributed by atoms with E-state index in [1.807, 2.05) is 29.8 Å². The van der Waals surface area contributed by atoms with Crippen molar-refractivity contribution in [1.82, 2.24) is 20.4 Å². The van der Waals surface area contributed by atoms with Gasteiger partial charge in [0, 0.05) is 38.5 Å². The van der Waals surface area contributed by atoms with Crippen LogP contribution in [0.25, 0.3) is 22.3 Å². The number of allylic oxidation sites excluding steroid dienone is 4. The van der Waals surface area contributed by atoms with Gasteiger partial charge in [-0.25, -0.2) is 9.59 Å². The van der Waals surface area contributed by atoms with E-state index in [0.29, 0.717) is 19.5 Å². The zero-order chi connectivity index (χ0) is 39.2. The van der Waals surface area contributed by atoms with Crippen molar-refractivity contribution in [3.8, 4) is 11.1 Å². The number of alkyl carbamates (subject to hydrolysis) is 2. The molecule has 2 saturated heterocycles. The highest BCUT2D eigenvalue weighted by Crippen LogP contribution is 2.37. The third kappa shape index (κ3) is 8.69. The van der Waals surface area contributed by atoms with Crippen LogP contribution in [-0.4, -0.2) is 104 Å². The number of carbonyl (C=O) groups excluding carboxylic acids is 4. The third-order valence-corrected chi connectivity index (χ3v) is 11.3. The standard InChI is InChI=1S/C43H53N5O7/c1-26(2)38(45-42(51)54-5)40(49)47-21-7-9-36(47)33-20-19-32(23-33)30-15-11-28(12-16-30)29-13-17-31(18-14-29)34-24-35(44-25-34)37-10-8-22-48(37)41(50)39(27(3)53-4)46-43(52)55-6/h11-20,25-27,36-39H,7-10,21-24H2,1-6H3,(H,45,51)(H,46,52)/t27-,36+,37+,38+,39+/m1/s1. The molecule has 2 aromatic carbocycles. The van der Waals surface area contributed by atoms with Gasteiger partial charge in [0.1, 0.15) is 12.1 Å². The van der Waals surface area contributed by atoms with Gasteiger partial charge in [-0.05, 0) is 83.9 Å². The highest BCUT2D eigenvalue weighted by molar-refractivity contribution is 6.04. The highest BCUT2D eigenvalue weighted by atomic mass is 16.5. The molecule has 0 saturated carbocycles. The summed E-state index contributed by atoms with van der Waals surface area (Å²) in [5.74, 6) is -0.325. The van der Waals surface area contributed by atoms with Gasteiger partial charge in [0.05, 0.1) is 32.4 Å². The fourth-order valence-electron chi connectivity index (χ4n) is 8.11. The molecule has 3 aliphatic heterocycles. The SMILES string of the molecule is COC(=O)N[C@H](C(=O)N1CCC[C@H]1C1=CC=C(c2ccc(-c3ccc(C4=CN=C([C@@H]5CCCN5C(=O)[C@@H](NC(=O)OC)[C@@H](C)OC)C4)cc3)cc2)C1)C(C)C. The molecule has 0 aromatic heterocycles. The van der Waals surface area contributed by atoms with Gasteiger partial charge < -0.3 is 34.6 Å². The number of benzene rings is 2. The Kier molecular flexibility index (Phi) is 12.5. The Labute approximate surface area is 323 Å². The second-order valence-corrected chi connectivity index (χ2v) is 15.0. The number of likely N-dealkylation sites (tertiary alicyclic amines) is 2. The number of rotatable bonds is 12. The molecule has 12 heteroatoms. The van der Waals surface area contributed by atoms with Crippen LogP contribution in [0, 0.1) is 5.92 Å². The van der Waals surface area contributed by atoms with Crippen LogP contribution in [0.5, 0.6) is 0 Å². The van der Waals surface area contributed by atoms with Crippen molar-refractivity contribution in [2.24, 2.45) is 10.9 Å². The van der Waals surface area contributed by atoms with E-state index in [9.17, 15) is 19.2 Å². The first-order chi connectivity index (χ1) is 26.5. The number of aliphatic imine (C=N–C) groups is 1. The van der Waals surface area contributed by atoms with Gasteiger partial charge in [0.25, 0.3) is 0 Å². The van der Waals surface area contributed by atoms with E-state index in [-0.39, 0.29) is 29.8 Å². The average Bonchev–Trinajstić information content (AvgIpc) is 4.05. The Hall–Kier alpha value is -5.23. The van der Waals surface area contributed by atoms with Crippen molar-refractivity contribution in [2.45, 2.75) is 89.6 Å². The molecule has 2 fully saturated rings. The lowest BCUT2D eigenvalue weighted by Crippen LogP contribution is -2.56. The van der Waals surface area contributed by atoms with Crippen LogP contribution in [-0.2, 0) is 23.8 Å². The second kappa shape index (κ2) is 17.5. The molecule has 4 aliphatic rings. The minimum atomic E-state index is -0.861. The van der Waals surface area contributed by atoms with Crippen LogP contribution in [0.3, 0.4) is 0 Å². The van der Waals surface area contributed by atoms with Crippen molar-refractivity contribution in [3.63, 3.8) is 0 Å². The maximum atomic E-state index is 13.6. The van der Waals surface area contributed by atoms with E-state index < -0.39 is 30.4 Å². The minimum Gasteiger partial charge on any atom is -0.453 e. The van der Waals surface area contributed by atoms with Gasteiger partial charge in [-0.1, -0.05) is 74.5 Å². The van der Waals surface area contributed by atoms with Crippen molar-refractivity contribution in [2.75, 3.05) is 34.4 Å². The van der Waals surface area contributed by atoms with Gasteiger partial charge in [-0.15, -0.1) is 0 Å². The molecule has 1 aliphatic carbocycles. The summed E-state index contributed by atoms with van der Waals surface area (Å²) in [6, 6.07) is 15.5. The largest absolute Gasteiger partial charge is 0.453 e. The summed E-state index contributed by atoms with van der Waals surface area (Å²) in [5, 5.41) is 5.38. The number of hydrogen-bond acceptors (Lipinski definition) is 8. The van der Waals surface area contributed by atoms with Crippen LogP contribution < -0.4 is 10.6 Å². The molecule has 5 atom stereocenters. The van der Waals surface area contributed by atoms with E-state index in [1.54, 1.807) is 6.92 Å². The molecular weight excluding hydrogens is 699 g/mol. The molecule has 55 heavy (non-hydrogen) atoms. The number of amides is 4. The molecule has 4 amide bonds. The summed E-state index contributed by atoms with van der Waals surface area (Å²) < 4.78 is 14.9. The molecule has 0 spiro atoms. The molecule has 6 rings (SSSR count). The molecular formula is C43H53N5O7. The number of nitrogens with one attached hydrogen (secondary N) is 2. The van der Waals surface area contributed by atoms with Crippen LogP contribution in [0.2, 0.25) is 0 Å². The lowest BCUT2D eigenvalue weighted by Gasteiger charge is -2.31. The van der Waals surface area contributed by atoms with E-state index in [1.165, 1.54) is 32.5 Å². The van der Waals surface area contributed by atoms with Gasteiger partial charge in [-0.2, -0.15) is 0 Å². The second-order valence-electron chi connectivity index (χ2n) is 15.0. The highest BCUT2D eigenvalue weighted by Gasteiger charge is 2.40. The predicted octanol–water partition coefficient (Wildman–Crippen LogP) is 6.37. The maximum absolute atomic E-state index is 13.6. The summed E-state index contributed by atoms with van der Waals surface area (Å²) in [4.78, 5) is 59.7. The van der Waals surface area contributed by atoms with E-state index in [0.717, 1.165) is 65.6 Å². The molecule has 3 heterocycles. The fourth-order valence-corrected chi connectivity index (χ4v) is 8.11. The summed E-state index contributed by atoms with van der Waals surface area (Å²) in [6.07, 6.45) is 9.37. The third-order valence-electron chi connectivity index (χ3n) is 11.3. The van der Waals surface area contributed by atoms with Gasteiger partial charge in [0.2, 0.25) is 11.8 Å². The molecule has 0 unspecified atom stereocenters. The van der Waals surface area contributed by atoms with Crippen molar-refractivity contribution in [1.29, 1.82) is 0 Å². The topological polar surface area (TPSA) is 139 Å². The van der Waals surface area contributed by atoms with Crippen LogP contribution in [0.4, 0.5) is 9.59 Å². The first-order valence-electron chi connectivity index (χ1n) is 19.2. The maximum Gasteiger partial charge on any atom is 0.407 e. The van der Waals surface area contributed by atoms with E-state index in [4.69, 9.17) is 19.2 Å². The van der Waals surface area contributed by atoms with Crippen LogP contribution >= 0.6 is 0 Å². The summed E-state index contributed by atoms with van der Waals surface area (Å²) in [6.45, 7) is 6.88. The molecule has 292 valence electrons. The summed E-state index contributed by atoms with van der Waals surface area (Å²) in [7, 11) is 4.09. The number of methoxy groups -OCH3 is 3. The number of carbonyl (C=O) groups is 4. The van der Waals surface area contributed by atoms with E-state index >= 15 is 0 Å². The Balaban J connectivity index is 1.04. The van der Waals surface area contributed by atoms with Crippen LogP contribution in [0.15, 0.2) is 77.4 Å². The quantitative estimate of drug-likeness (QED) is 0.257. The van der Waals surface area contributed by atoms with E-state index in [2.05, 4.69) is 71.3 Å². The summed E-state index contributed by atoms with van der Waals surface area (Å²) >= 11 is 0. The predicted molar refractivity (Wildman–Crippen MR) is 212 cm³/mol. The number of hydrogen-bond donors (Lipinski definition) is 2. The normalized spacial score (nSPS) is 21.0. The monoisotopic (exact) mass is 751 g/mol. The van der Waals surface area contributed by atoms with Gasteiger partial charge in [-0.3, -0.25) is 14.6 Å². The Morgan fingerprint density at radius 1 is 0.673 bits per heavy atom. The Morgan fingerprint density at radius 3 is 1.75 bits per heavy atom. The fraction of sp³-hybridized carbons (Fsp3) is 0.465. The lowest BCUT2D eigenvalue weighted by atomic mass is 9.94. The zero-order valence-corrected chi connectivity index (χ0v) is 32.7. The zero-order valence-electron chi connectivity index (χ0n) is 32.7. The smallest absolute Gasteiger partial charge is 0.407 e. The number of ether oxygens (including phenoxy) is 3. The average molecular weight is 752 g/mol. The van der Waals surface area contributed by atoms with Crippen molar-refractivity contribution in [3.05, 3.63) is 83.6 Å².